The number of morpholine rings is 1. The van der Waals surface area contributed by atoms with E-state index >= 15 is 0 Å². The van der Waals surface area contributed by atoms with Crippen molar-refractivity contribution in [2.75, 3.05) is 57.4 Å². The van der Waals surface area contributed by atoms with Crippen molar-refractivity contribution >= 4 is 34.6 Å². The summed E-state index contributed by atoms with van der Waals surface area (Å²) in [6, 6.07) is 18.3. The summed E-state index contributed by atoms with van der Waals surface area (Å²) in [5, 5.41) is 14.5. The Labute approximate surface area is 222 Å². The van der Waals surface area contributed by atoms with Gasteiger partial charge >= 0.3 is 0 Å². The highest BCUT2D eigenvalue weighted by molar-refractivity contribution is 8.18. The van der Waals surface area contributed by atoms with Gasteiger partial charge in [-0.2, -0.15) is 4.99 Å². The number of para-hydroxylation sites is 1. The Bertz CT molecular complexity index is 1090. The van der Waals surface area contributed by atoms with Crippen LogP contribution in [0.2, 0.25) is 0 Å². The first-order valence-corrected chi connectivity index (χ1v) is 13.8. The monoisotopic (exact) mass is 522 g/mol. The van der Waals surface area contributed by atoms with Crippen LogP contribution < -0.4 is 15.0 Å². The second-order valence-electron chi connectivity index (χ2n) is 9.45. The summed E-state index contributed by atoms with van der Waals surface area (Å²) < 4.78 is 11.0. The maximum Gasteiger partial charge on any atom is 0.286 e. The van der Waals surface area contributed by atoms with Crippen molar-refractivity contribution in [1.29, 1.82) is 0 Å². The lowest BCUT2D eigenvalue weighted by molar-refractivity contribution is -0.113. The SMILES string of the molecule is O=C1N=C(N2CCOCC2)S/C1=C/c1ccc(N2CCC(NCC(O)COc3ccccc3)CC2)cc1. The topological polar surface area (TPSA) is 86.6 Å². The van der Waals surface area contributed by atoms with Gasteiger partial charge in [-0.1, -0.05) is 30.3 Å². The number of amides is 1. The van der Waals surface area contributed by atoms with Crippen LogP contribution >= 0.6 is 11.8 Å². The van der Waals surface area contributed by atoms with Gasteiger partial charge in [-0.25, -0.2) is 0 Å². The number of ether oxygens (including phenoxy) is 2. The number of nitrogens with zero attached hydrogens (tertiary/aromatic N) is 3. The molecule has 2 aromatic rings. The maximum atomic E-state index is 12.4. The Morgan fingerprint density at radius 2 is 1.78 bits per heavy atom. The molecule has 1 atom stereocenters. The van der Waals surface area contributed by atoms with Crippen LogP contribution in [0.25, 0.3) is 6.08 Å². The number of piperidine rings is 1. The van der Waals surface area contributed by atoms with Gasteiger partial charge in [-0.05, 0) is 60.5 Å². The Morgan fingerprint density at radius 3 is 2.51 bits per heavy atom. The molecular formula is C28H34N4O4S. The van der Waals surface area contributed by atoms with Gasteiger partial charge in [0.05, 0.1) is 18.1 Å². The number of thioether (sulfide) groups is 1. The third-order valence-corrected chi connectivity index (χ3v) is 7.81. The number of amidine groups is 1. The van der Waals surface area contributed by atoms with Crippen LogP contribution in [0, 0.1) is 0 Å². The molecule has 2 saturated heterocycles. The molecule has 0 aromatic heterocycles. The van der Waals surface area contributed by atoms with Gasteiger partial charge in [0.2, 0.25) is 0 Å². The number of nitrogens with one attached hydrogen (secondary N) is 1. The first-order chi connectivity index (χ1) is 18.1. The lowest BCUT2D eigenvalue weighted by Gasteiger charge is -2.34. The highest BCUT2D eigenvalue weighted by Gasteiger charge is 2.27. The second kappa shape index (κ2) is 12.6. The van der Waals surface area contributed by atoms with Gasteiger partial charge in [-0.3, -0.25) is 4.79 Å². The number of rotatable bonds is 8. The van der Waals surface area contributed by atoms with Gasteiger partial charge in [0.15, 0.2) is 5.17 Å². The van der Waals surface area contributed by atoms with Crippen molar-refractivity contribution < 1.29 is 19.4 Å². The molecule has 3 aliphatic rings. The summed E-state index contributed by atoms with van der Waals surface area (Å²) in [5.74, 6) is 0.610. The van der Waals surface area contributed by atoms with E-state index < -0.39 is 6.10 Å². The van der Waals surface area contributed by atoms with Crippen LogP contribution in [0.5, 0.6) is 5.75 Å². The number of aliphatic hydroxyl groups is 1. The molecule has 8 nitrogen and oxygen atoms in total. The number of anilines is 1. The first-order valence-electron chi connectivity index (χ1n) is 12.9. The molecular weight excluding hydrogens is 488 g/mol. The number of carbonyl (C=O) groups excluding carboxylic acids is 1. The molecule has 196 valence electrons. The number of benzene rings is 2. The molecule has 2 N–H and O–H groups in total. The average Bonchev–Trinajstić information content (AvgIpc) is 3.32. The first kappa shape index (κ1) is 25.8. The van der Waals surface area contributed by atoms with Gasteiger partial charge in [0, 0.05) is 44.5 Å². The molecule has 1 amide bonds. The van der Waals surface area contributed by atoms with Crippen molar-refractivity contribution in [1.82, 2.24) is 10.2 Å². The molecule has 0 radical (unpaired) electrons. The minimum atomic E-state index is -0.542. The fourth-order valence-electron chi connectivity index (χ4n) is 4.63. The lowest BCUT2D eigenvalue weighted by atomic mass is 10.0. The van der Waals surface area contributed by atoms with E-state index in [-0.39, 0.29) is 12.5 Å². The zero-order valence-electron chi connectivity index (χ0n) is 20.9. The molecule has 3 aliphatic heterocycles. The highest BCUT2D eigenvalue weighted by atomic mass is 32.2. The van der Waals surface area contributed by atoms with Crippen molar-refractivity contribution in [3.63, 3.8) is 0 Å². The minimum Gasteiger partial charge on any atom is -0.491 e. The highest BCUT2D eigenvalue weighted by Crippen LogP contribution is 2.31. The van der Waals surface area contributed by atoms with E-state index in [0.29, 0.717) is 30.7 Å². The minimum absolute atomic E-state index is 0.165. The van der Waals surface area contributed by atoms with E-state index in [0.717, 1.165) is 55.5 Å². The molecule has 0 spiro atoms. The Hall–Kier alpha value is -2.85. The normalized spacial score (nSPS) is 20.8. The van der Waals surface area contributed by atoms with E-state index in [9.17, 15) is 9.90 Å². The molecule has 9 heteroatoms. The van der Waals surface area contributed by atoms with Crippen molar-refractivity contribution in [3.8, 4) is 5.75 Å². The number of aliphatic imine (C=N–C) groups is 1. The summed E-state index contributed by atoms with van der Waals surface area (Å²) in [6.45, 7) is 5.62. The number of aliphatic hydroxyl groups excluding tert-OH is 1. The van der Waals surface area contributed by atoms with Crippen LogP contribution in [0.15, 0.2) is 64.5 Å². The van der Waals surface area contributed by atoms with E-state index in [4.69, 9.17) is 9.47 Å². The van der Waals surface area contributed by atoms with Crippen LogP contribution in [0.4, 0.5) is 5.69 Å². The van der Waals surface area contributed by atoms with E-state index in [2.05, 4.69) is 44.4 Å². The van der Waals surface area contributed by atoms with Gasteiger partial charge in [-0.15, -0.1) is 0 Å². The predicted octanol–water partition coefficient (Wildman–Crippen LogP) is 2.99. The van der Waals surface area contributed by atoms with Gasteiger partial charge in [0.25, 0.3) is 5.91 Å². The quantitative estimate of drug-likeness (QED) is 0.512. The van der Waals surface area contributed by atoms with E-state index in [1.165, 1.54) is 17.4 Å². The lowest BCUT2D eigenvalue weighted by Crippen LogP contribution is -2.45. The standard InChI is InChI=1S/C28H34N4O4S/c33-24(20-36-25-4-2-1-3-5-25)19-29-22-10-12-31(13-11-22)23-8-6-21(7-9-23)18-26-27(34)30-28(37-26)32-14-16-35-17-15-32/h1-9,18,22,24,29,33H,10-17,19-20H2/b26-18+. The average molecular weight is 523 g/mol. The number of hydrogen-bond donors (Lipinski definition) is 2. The summed E-state index contributed by atoms with van der Waals surface area (Å²) >= 11 is 1.45. The smallest absolute Gasteiger partial charge is 0.286 e. The summed E-state index contributed by atoms with van der Waals surface area (Å²) in [7, 11) is 0. The molecule has 0 aliphatic carbocycles. The number of hydrogen-bond acceptors (Lipinski definition) is 8. The maximum absolute atomic E-state index is 12.4. The second-order valence-corrected chi connectivity index (χ2v) is 10.5. The Morgan fingerprint density at radius 1 is 1.05 bits per heavy atom. The van der Waals surface area contributed by atoms with E-state index in [1.807, 2.05) is 36.4 Å². The van der Waals surface area contributed by atoms with Crippen molar-refractivity contribution in [2.45, 2.75) is 25.0 Å². The third-order valence-electron chi connectivity index (χ3n) is 6.77. The summed E-state index contributed by atoms with van der Waals surface area (Å²) in [5.41, 5.74) is 2.19. The van der Waals surface area contributed by atoms with E-state index in [1.54, 1.807) is 0 Å². The van der Waals surface area contributed by atoms with Crippen molar-refractivity contribution in [2.24, 2.45) is 4.99 Å². The van der Waals surface area contributed by atoms with Crippen LogP contribution in [0.3, 0.4) is 0 Å². The zero-order valence-corrected chi connectivity index (χ0v) is 21.7. The molecule has 5 rings (SSSR count). The number of carbonyl (C=O) groups is 1. The Kier molecular flexibility index (Phi) is 8.78. The zero-order chi connectivity index (χ0) is 25.5. The summed E-state index contributed by atoms with van der Waals surface area (Å²) in [6.07, 6.45) is 3.42. The molecule has 2 aromatic carbocycles. The van der Waals surface area contributed by atoms with Crippen molar-refractivity contribution in [3.05, 3.63) is 65.1 Å². The van der Waals surface area contributed by atoms with Gasteiger partial charge < -0.3 is 29.7 Å². The largest absolute Gasteiger partial charge is 0.491 e. The molecule has 0 saturated carbocycles. The van der Waals surface area contributed by atoms with Gasteiger partial charge in [0.1, 0.15) is 18.5 Å². The van der Waals surface area contributed by atoms with Crippen LogP contribution in [0.1, 0.15) is 18.4 Å². The third kappa shape index (κ3) is 7.13. The fourth-order valence-corrected chi connectivity index (χ4v) is 5.60. The molecule has 37 heavy (non-hydrogen) atoms. The van der Waals surface area contributed by atoms with Crippen LogP contribution in [-0.4, -0.2) is 85.8 Å². The molecule has 3 heterocycles. The fraction of sp³-hybridized carbons (Fsp3) is 0.429. The van der Waals surface area contributed by atoms with Crippen LogP contribution in [-0.2, 0) is 9.53 Å². The summed E-state index contributed by atoms with van der Waals surface area (Å²) in [4.78, 5) is 21.8. The molecule has 2 fully saturated rings. The molecule has 0 bridgehead atoms. The predicted molar refractivity (Wildman–Crippen MR) is 148 cm³/mol. The Balaban J connectivity index is 1.05. The molecule has 1 unspecified atom stereocenters.